The van der Waals surface area contributed by atoms with Crippen LogP contribution in [0.5, 0.6) is 0 Å². The van der Waals surface area contributed by atoms with Crippen molar-refractivity contribution in [3.8, 4) is 0 Å². The lowest BCUT2D eigenvalue weighted by molar-refractivity contribution is -0.121. The Hall–Kier alpha value is -1.88. The fraction of sp³-hybridized carbons (Fsp3) is 0.200. The molecule has 0 spiro atoms. The van der Waals surface area contributed by atoms with Gasteiger partial charge in [0.2, 0.25) is 5.91 Å². The van der Waals surface area contributed by atoms with Gasteiger partial charge in [0, 0.05) is 42.1 Å². The van der Waals surface area contributed by atoms with Crippen LogP contribution in [0.15, 0.2) is 53.3 Å². The Balaban J connectivity index is 1.66. The van der Waals surface area contributed by atoms with Crippen molar-refractivity contribution in [3.05, 3.63) is 58.8 Å². The van der Waals surface area contributed by atoms with E-state index in [4.69, 9.17) is 0 Å². The van der Waals surface area contributed by atoms with Gasteiger partial charge in [0.1, 0.15) is 0 Å². The van der Waals surface area contributed by atoms with E-state index in [-0.39, 0.29) is 5.91 Å². The number of anilines is 1. The van der Waals surface area contributed by atoms with Crippen molar-refractivity contribution in [2.45, 2.75) is 13.0 Å². The average molecular weight is 334 g/mol. The summed E-state index contributed by atoms with van der Waals surface area (Å²) >= 11 is 3.38. The van der Waals surface area contributed by atoms with E-state index in [0.717, 1.165) is 15.7 Å². The number of hydrogen-bond acceptors (Lipinski definition) is 3. The van der Waals surface area contributed by atoms with E-state index in [1.165, 1.54) is 0 Å². The third-order valence-corrected chi connectivity index (χ3v) is 3.27. The lowest BCUT2D eigenvalue weighted by Gasteiger charge is -2.07. The van der Waals surface area contributed by atoms with Crippen molar-refractivity contribution in [2.75, 3.05) is 11.9 Å². The number of aromatic nitrogens is 1. The SMILES string of the molecule is O=C(CCNc1ccc(Br)cc1)NCc1cccnc1. The lowest BCUT2D eigenvalue weighted by Crippen LogP contribution is -2.24. The molecule has 0 unspecified atom stereocenters. The van der Waals surface area contributed by atoms with Crippen LogP contribution in [0.25, 0.3) is 0 Å². The molecule has 1 aromatic carbocycles. The van der Waals surface area contributed by atoms with Crippen molar-refractivity contribution < 1.29 is 4.79 Å². The number of carbonyl (C=O) groups is 1. The molecule has 0 atom stereocenters. The fourth-order valence-electron chi connectivity index (χ4n) is 1.68. The van der Waals surface area contributed by atoms with Gasteiger partial charge >= 0.3 is 0 Å². The zero-order chi connectivity index (χ0) is 14.2. The Morgan fingerprint density at radius 3 is 2.70 bits per heavy atom. The van der Waals surface area contributed by atoms with Crippen LogP contribution in [0.2, 0.25) is 0 Å². The number of carbonyl (C=O) groups excluding carboxylic acids is 1. The largest absolute Gasteiger partial charge is 0.385 e. The van der Waals surface area contributed by atoms with Crippen molar-refractivity contribution in [3.63, 3.8) is 0 Å². The van der Waals surface area contributed by atoms with Gasteiger partial charge in [-0.2, -0.15) is 0 Å². The first-order valence-corrected chi connectivity index (χ1v) is 7.18. The number of amides is 1. The summed E-state index contributed by atoms with van der Waals surface area (Å²) in [6.07, 6.45) is 3.91. The maximum absolute atomic E-state index is 11.7. The normalized spacial score (nSPS) is 10.1. The number of pyridine rings is 1. The van der Waals surface area contributed by atoms with Crippen LogP contribution in [0, 0.1) is 0 Å². The van der Waals surface area contributed by atoms with E-state index in [9.17, 15) is 4.79 Å². The molecule has 2 aromatic rings. The molecule has 5 heteroatoms. The van der Waals surface area contributed by atoms with Crippen molar-refractivity contribution in [1.82, 2.24) is 10.3 Å². The fourth-order valence-corrected chi connectivity index (χ4v) is 1.94. The first kappa shape index (κ1) is 14.5. The Bertz CT molecular complexity index is 543. The van der Waals surface area contributed by atoms with Crippen LogP contribution in [-0.4, -0.2) is 17.4 Å². The molecule has 20 heavy (non-hydrogen) atoms. The zero-order valence-electron chi connectivity index (χ0n) is 11.0. The molecule has 0 bridgehead atoms. The van der Waals surface area contributed by atoms with E-state index >= 15 is 0 Å². The minimum atomic E-state index is 0.0264. The molecule has 0 aliphatic rings. The molecule has 0 radical (unpaired) electrons. The second kappa shape index (κ2) is 7.65. The summed E-state index contributed by atoms with van der Waals surface area (Å²) in [5.74, 6) is 0.0264. The van der Waals surface area contributed by atoms with Crippen LogP contribution >= 0.6 is 15.9 Å². The third-order valence-electron chi connectivity index (χ3n) is 2.74. The zero-order valence-corrected chi connectivity index (χ0v) is 12.6. The van der Waals surface area contributed by atoms with Gasteiger partial charge in [-0.1, -0.05) is 22.0 Å². The molecule has 1 aromatic heterocycles. The molecule has 0 fully saturated rings. The van der Waals surface area contributed by atoms with Crippen molar-refractivity contribution in [2.24, 2.45) is 0 Å². The quantitative estimate of drug-likeness (QED) is 0.854. The van der Waals surface area contributed by atoms with Crippen LogP contribution in [-0.2, 0) is 11.3 Å². The minimum absolute atomic E-state index is 0.0264. The number of nitrogens with one attached hydrogen (secondary N) is 2. The Morgan fingerprint density at radius 2 is 2.00 bits per heavy atom. The summed E-state index contributed by atoms with van der Waals surface area (Å²) in [6, 6.07) is 11.7. The average Bonchev–Trinajstić information content (AvgIpc) is 2.48. The smallest absolute Gasteiger partial charge is 0.222 e. The standard InChI is InChI=1S/C15H16BrN3O/c16-13-3-5-14(6-4-13)18-9-7-15(20)19-11-12-2-1-8-17-10-12/h1-6,8,10,18H,7,9,11H2,(H,19,20). The van der Waals surface area contributed by atoms with Gasteiger partial charge in [0.15, 0.2) is 0 Å². The molecule has 0 aliphatic heterocycles. The first-order valence-electron chi connectivity index (χ1n) is 6.39. The molecule has 1 amide bonds. The molecule has 104 valence electrons. The van der Waals surface area contributed by atoms with Gasteiger partial charge in [0.05, 0.1) is 0 Å². The predicted octanol–water partition coefficient (Wildman–Crippen LogP) is 2.96. The highest BCUT2D eigenvalue weighted by Gasteiger charge is 2.01. The predicted molar refractivity (Wildman–Crippen MR) is 83.3 cm³/mol. The summed E-state index contributed by atoms with van der Waals surface area (Å²) in [5.41, 5.74) is 2.01. The molecule has 1 heterocycles. The van der Waals surface area contributed by atoms with Crippen LogP contribution < -0.4 is 10.6 Å². The van der Waals surface area contributed by atoms with Crippen LogP contribution in [0.3, 0.4) is 0 Å². The van der Waals surface area contributed by atoms with Gasteiger partial charge in [-0.3, -0.25) is 9.78 Å². The molecule has 2 N–H and O–H groups in total. The van der Waals surface area contributed by atoms with Gasteiger partial charge in [-0.25, -0.2) is 0 Å². The molecular weight excluding hydrogens is 318 g/mol. The highest BCUT2D eigenvalue weighted by Crippen LogP contribution is 2.13. The number of rotatable bonds is 6. The van der Waals surface area contributed by atoms with E-state index in [2.05, 4.69) is 31.5 Å². The Labute approximate surface area is 126 Å². The van der Waals surface area contributed by atoms with E-state index in [1.54, 1.807) is 12.4 Å². The van der Waals surface area contributed by atoms with E-state index in [0.29, 0.717) is 19.5 Å². The topological polar surface area (TPSA) is 54.0 Å². The summed E-state index contributed by atoms with van der Waals surface area (Å²) < 4.78 is 1.04. The molecule has 0 saturated carbocycles. The summed E-state index contributed by atoms with van der Waals surface area (Å²) in [4.78, 5) is 15.7. The van der Waals surface area contributed by atoms with Gasteiger partial charge in [-0.15, -0.1) is 0 Å². The second-order valence-electron chi connectivity index (χ2n) is 4.32. The van der Waals surface area contributed by atoms with Gasteiger partial charge in [0.25, 0.3) is 0 Å². The number of halogens is 1. The summed E-state index contributed by atoms with van der Waals surface area (Å²) in [6.45, 7) is 1.13. The highest BCUT2D eigenvalue weighted by atomic mass is 79.9. The number of benzene rings is 1. The Morgan fingerprint density at radius 1 is 1.20 bits per heavy atom. The van der Waals surface area contributed by atoms with Crippen molar-refractivity contribution >= 4 is 27.5 Å². The second-order valence-corrected chi connectivity index (χ2v) is 5.24. The van der Waals surface area contributed by atoms with Crippen LogP contribution in [0.4, 0.5) is 5.69 Å². The molecule has 4 nitrogen and oxygen atoms in total. The monoisotopic (exact) mass is 333 g/mol. The molecular formula is C15H16BrN3O. The van der Waals surface area contributed by atoms with Crippen LogP contribution in [0.1, 0.15) is 12.0 Å². The van der Waals surface area contributed by atoms with Gasteiger partial charge in [-0.05, 0) is 35.9 Å². The van der Waals surface area contributed by atoms with E-state index in [1.807, 2.05) is 36.4 Å². The Kier molecular flexibility index (Phi) is 5.55. The van der Waals surface area contributed by atoms with Gasteiger partial charge < -0.3 is 10.6 Å². The highest BCUT2D eigenvalue weighted by molar-refractivity contribution is 9.10. The maximum Gasteiger partial charge on any atom is 0.222 e. The third kappa shape index (κ3) is 5.01. The molecule has 2 rings (SSSR count). The maximum atomic E-state index is 11.7. The summed E-state index contributed by atoms with van der Waals surface area (Å²) in [7, 11) is 0. The molecule has 0 saturated heterocycles. The minimum Gasteiger partial charge on any atom is -0.385 e. The summed E-state index contributed by atoms with van der Waals surface area (Å²) in [5, 5.41) is 6.07. The number of nitrogens with zero attached hydrogens (tertiary/aromatic N) is 1. The first-order chi connectivity index (χ1) is 9.74. The molecule has 0 aliphatic carbocycles. The lowest BCUT2D eigenvalue weighted by atomic mass is 10.2. The van der Waals surface area contributed by atoms with E-state index < -0.39 is 0 Å². The number of hydrogen-bond donors (Lipinski definition) is 2. The van der Waals surface area contributed by atoms with Crippen molar-refractivity contribution in [1.29, 1.82) is 0 Å².